The second-order valence-electron chi connectivity index (χ2n) is 7.62. The van der Waals surface area contributed by atoms with Crippen LogP contribution in [0.3, 0.4) is 0 Å². The van der Waals surface area contributed by atoms with Crippen LogP contribution in [-0.4, -0.2) is 48.5 Å². The molecule has 0 aliphatic rings. The molecule has 0 bridgehead atoms. The van der Waals surface area contributed by atoms with Crippen molar-refractivity contribution >= 4 is 17.6 Å². The maximum Gasteiger partial charge on any atom is 0.322 e. The summed E-state index contributed by atoms with van der Waals surface area (Å²) in [7, 11) is 1.54. The molecule has 3 amide bonds. The van der Waals surface area contributed by atoms with Gasteiger partial charge in [-0.05, 0) is 48.4 Å². The summed E-state index contributed by atoms with van der Waals surface area (Å²) in [4.78, 5) is 29.2. The van der Waals surface area contributed by atoms with Crippen LogP contribution >= 0.6 is 0 Å². The van der Waals surface area contributed by atoms with Crippen molar-refractivity contribution in [2.45, 2.75) is 20.0 Å². The summed E-state index contributed by atoms with van der Waals surface area (Å²) in [5.41, 5.74) is 2.36. The number of anilines is 1. The lowest BCUT2D eigenvalue weighted by molar-refractivity contribution is -0.133. The molecule has 0 aliphatic heterocycles. The van der Waals surface area contributed by atoms with E-state index >= 15 is 0 Å². The predicted molar refractivity (Wildman–Crippen MR) is 123 cm³/mol. The number of benzene rings is 2. The SMILES string of the molecule is COCCN(CC(=O)N(Cc1ccc(F)cc1)Cc1ccco1)C(=O)Nc1ccccc1C. The predicted octanol–water partition coefficient (Wildman–Crippen LogP) is 4.44. The molecule has 1 N–H and O–H groups in total. The number of nitrogens with zero attached hydrogens (tertiary/aromatic N) is 2. The third kappa shape index (κ3) is 7.18. The second kappa shape index (κ2) is 11.8. The molecule has 8 heteroatoms. The van der Waals surface area contributed by atoms with Crippen LogP contribution in [0.25, 0.3) is 0 Å². The fourth-order valence-corrected chi connectivity index (χ4v) is 3.26. The van der Waals surface area contributed by atoms with E-state index in [9.17, 15) is 14.0 Å². The van der Waals surface area contributed by atoms with Crippen molar-refractivity contribution < 1.29 is 23.1 Å². The summed E-state index contributed by atoms with van der Waals surface area (Å²) >= 11 is 0. The molecular weight excluding hydrogens is 425 g/mol. The number of hydrogen-bond acceptors (Lipinski definition) is 4. The van der Waals surface area contributed by atoms with Gasteiger partial charge in [0.1, 0.15) is 18.1 Å². The molecule has 3 aromatic rings. The van der Waals surface area contributed by atoms with Crippen molar-refractivity contribution in [3.8, 4) is 0 Å². The van der Waals surface area contributed by atoms with Gasteiger partial charge in [0.25, 0.3) is 0 Å². The number of methoxy groups -OCH3 is 1. The molecule has 3 rings (SSSR count). The van der Waals surface area contributed by atoms with Crippen molar-refractivity contribution in [1.82, 2.24) is 9.80 Å². The molecule has 0 aliphatic carbocycles. The maximum absolute atomic E-state index is 13.3. The molecule has 1 aromatic heterocycles. The lowest BCUT2D eigenvalue weighted by Crippen LogP contribution is -2.45. The van der Waals surface area contributed by atoms with Crippen molar-refractivity contribution in [3.63, 3.8) is 0 Å². The van der Waals surface area contributed by atoms with Gasteiger partial charge in [-0.3, -0.25) is 4.79 Å². The number of nitrogens with one attached hydrogen (secondary N) is 1. The molecule has 0 saturated carbocycles. The van der Waals surface area contributed by atoms with Crippen LogP contribution in [0.1, 0.15) is 16.9 Å². The van der Waals surface area contributed by atoms with Gasteiger partial charge in [-0.2, -0.15) is 0 Å². The Hall–Kier alpha value is -3.65. The van der Waals surface area contributed by atoms with Crippen LogP contribution < -0.4 is 5.32 Å². The smallest absolute Gasteiger partial charge is 0.322 e. The molecule has 7 nitrogen and oxygen atoms in total. The molecule has 174 valence electrons. The van der Waals surface area contributed by atoms with Gasteiger partial charge in [-0.1, -0.05) is 30.3 Å². The monoisotopic (exact) mass is 453 g/mol. The molecule has 1 heterocycles. The van der Waals surface area contributed by atoms with E-state index in [2.05, 4.69) is 5.32 Å². The van der Waals surface area contributed by atoms with Gasteiger partial charge in [-0.15, -0.1) is 0 Å². The van der Waals surface area contributed by atoms with Crippen LogP contribution in [0.2, 0.25) is 0 Å². The van der Waals surface area contributed by atoms with Crippen LogP contribution in [-0.2, 0) is 22.6 Å². The Labute approximate surface area is 192 Å². The van der Waals surface area contributed by atoms with E-state index in [1.165, 1.54) is 30.4 Å². The van der Waals surface area contributed by atoms with Crippen molar-refractivity contribution in [1.29, 1.82) is 0 Å². The van der Waals surface area contributed by atoms with Gasteiger partial charge < -0.3 is 24.3 Å². The van der Waals surface area contributed by atoms with Gasteiger partial charge in [0, 0.05) is 25.9 Å². The van der Waals surface area contributed by atoms with Gasteiger partial charge in [-0.25, -0.2) is 9.18 Å². The first-order valence-electron chi connectivity index (χ1n) is 10.6. The average molecular weight is 454 g/mol. The first kappa shape index (κ1) is 24.0. The van der Waals surface area contributed by atoms with Gasteiger partial charge >= 0.3 is 6.03 Å². The molecule has 0 spiro atoms. The van der Waals surface area contributed by atoms with E-state index in [0.717, 1.165) is 11.1 Å². The van der Waals surface area contributed by atoms with Crippen LogP contribution in [0, 0.1) is 12.7 Å². The fraction of sp³-hybridized carbons (Fsp3) is 0.280. The number of aryl methyl sites for hydroxylation is 1. The topological polar surface area (TPSA) is 75.0 Å². The number of amides is 3. The zero-order valence-corrected chi connectivity index (χ0v) is 18.8. The van der Waals surface area contributed by atoms with E-state index in [0.29, 0.717) is 11.4 Å². The van der Waals surface area contributed by atoms with Crippen molar-refractivity contribution in [2.24, 2.45) is 0 Å². The van der Waals surface area contributed by atoms with Crippen molar-refractivity contribution in [2.75, 3.05) is 32.1 Å². The quantitative estimate of drug-likeness (QED) is 0.493. The Balaban J connectivity index is 1.75. The summed E-state index contributed by atoms with van der Waals surface area (Å²) in [6.45, 7) is 2.74. The molecule has 2 aromatic carbocycles. The van der Waals surface area contributed by atoms with Crippen molar-refractivity contribution in [3.05, 3.63) is 89.6 Å². The Morgan fingerprint density at radius 1 is 1.00 bits per heavy atom. The Kier molecular flexibility index (Phi) is 8.60. The standard InChI is InChI=1S/C25H28FN3O4/c1-19-6-3-4-8-23(19)27-25(31)28(13-15-32-2)18-24(30)29(17-22-7-5-14-33-22)16-20-9-11-21(26)12-10-20/h3-12,14H,13,15-18H2,1-2H3,(H,27,31). The summed E-state index contributed by atoms with van der Waals surface area (Å²) in [5.74, 6) is -0.00805. The highest BCUT2D eigenvalue weighted by atomic mass is 19.1. The number of furan rings is 1. The number of para-hydroxylation sites is 1. The third-order valence-electron chi connectivity index (χ3n) is 5.13. The van der Waals surface area contributed by atoms with Gasteiger partial charge in [0.15, 0.2) is 0 Å². The first-order chi connectivity index (χ1) is 16.0. The minimum Gasteiger partial charge on any atom is -0.467 e. The zero-order chi connectivity index (χ0) is 23.6. The number of ether oxygens (including phenoxy) is 1. The Morgan fingerprint density at radius 2 is 1.76 bits per heavy atom. The van der Waals surface area contributed by atoms with E-state index in [1.54, 1.807) is 35.2 Å². The molecular formula is C25H28FN3O4. The molecule has 0 atom stereocenters. The highest BCUT2D eigenvalue weighted by Gasteiger charge is 2.23. The number of rotatable bonds is 10. The van der Waals surface area contributed by atoms with Crippen LogP contribution in [0.15, 0.2) is 71.3 Å². The van der Waals surface area contributed by atoms with E-state index in [-0.39, 0.29) is 44.5 Å². The van der Waals surface area contributed by atoms with E-state index in [4.69, 9.17) is 9.15 Å². The van der Waals surface area contributed by atoms with Gasteiger partial charge in [0.05, 0.1) is 19.4 Å². The second-order valence-corrected chi connectivity index (χ2v) is 7.62. The maximum atomic E-state index is 13.3. The van der Waals surface area contributed by atoms with E-state index < -0.39 is 6.03 Å². The van der Waals surface area contributed by atoms with E-state index in [1.807, 2.05) is 25.1 Å². The molecule has 0 radical (unpaired) electrons. The average Bonchev–Trinajstić information content (AvgIpc) is 3.32. The molecule has 0 fully saturated rings. The third-order valence-corrected chi connectivity index (χ3v) is 5.13. The highest BCUT2D eigenvalue weighted by Crippen LogP contribution is 2.15. The number of carbonyl (C=O) groups is 2. The largest absolute Gasteiger partial charge is 0.467 e. The minimum atomic E-state index is -0.394. The highest BCUT2D eigenvalue weighted by molar-refractivity contribution is 5.93. The number of halogens is 1. The fourth-order valence-electron chi connectivity index (χ4n) is 3.26. The lowest BCUT2D eigenvalue weighted by Gasteiger charge is -2.27. The summed E-state index contributed by atoms with van der Waals surface area (Å²) in [6.07, 6.45) is 1.54. The zero-order valence-electron chi connectivity index (χ0n) is 18.8. The Morgan fingerprint density at radius 3 is 2.42 bits per heavy atom. The first-order valence-corrected chi connectivity index (χ1v) is 10.6. The molecule has 33 heavy (non-hydrogen) atoms. The minimum absolute atomic E-state index is 0.150. The lowest BCUT2D eigenvalue weighted by atomic mass is 10.2. The number of hydrogen-bond donors (Lipinski definition) is 1. The molecule has 0 saturated heterocycles. The summed E-state index contributed by atoms with van der Waals surface area (Å²) in [5, 5.41) is 2.87. The number of carbonyl (C=O) groups excluding carboxylic acids is 2. The Bertz CT molecular complexity index is 1040. The molecule has 0 unspecified atom stereocenters. The van der Waals surface area contributed by atoms with Crippen LogP contribution in [0.4, 0.5) is 14.9 Å². The summed E-state index contributed by atoms with van der Waals surface area (Å²) in [6, 6.07) is 16.5. The normalized spacial score (nSPS) is 10.6. The van der Waals surface area contributed by atoms with Crippen LogP contribution in [0.5, 0.6) is 0 Å². The number of urea groups is 1. The summed E-state index contributed by atoms with van der Waals surface area (Å²) < 4.78 is 23.9. The van der Waals surface area contributed by atoms with Gasteiger partial charge in [0.2, 0.25) is 5.91 Å².